The minimum Gasteiger partial charge on any atom is -0.309 e. The van der Waals surface area contributed by atoms with Crippen LogP contribution in [0.4, 0.5) is 5.69 Å². The molecule has 0 saturated heterocycles. The Morgan fingerprint density at radius 1 is 1.17 bits per heavy atom. The molecule has 1 aromatic rings. The third-order valence-corrected chi connectivity index (χ3v) is 5.52. The number of amides is 1. The molecule has 2 aliphatic rings. The summed E-state index contributed by atoms with van der Waals surface area (Å²) in [5, 5.41) is 3.78. The van der Waals surface area contributed by atoms with Crippen molar-refractivity contribution in [2.24, 2.45) is 5.92 Å². The summed E-state index contributed by atoms with van der Waals surface area (Å²) in [4.78, 5) is 25.5. The summed E-state index contributed by atoms with van der Waals surface area (Å²) in [6.45, 7) is 5.98. The van der Waals surface area contributed by atoms with Gasteiger partial charge in [-0.15, -0.1) is 0 Å². The van der Waals surface area contributed by atoms with Gasteiger partial charge in [-0.25, -0.2) is 0 Å². The van der Waals surface area contributed by atoms with Crippen molar-refractivity contribution >= 4 is 17.4 Å². The molecule has 1 heterocycles. The Balaban J connectivity index is 1.89. The van der Waals surface area contributed by atoms with E-state index in [0.717, 1.165) is 18.5 Å². The average Bonchev–Trinajstić information content (AvgIpc) is 2.53. The molecule has 1 aliphatic carbocycles. The molecular formula is C19H26N2O2. The molecule has 23 heavy (non-hydrogen) atoms. The highest BCUT2D eigenvalue weighted by molar-refractivity contribution is 5.93. The second-order valence-electron chi connectivity index (χ2n) is 7.00. The lowest BCUT2D eigenvalue weighted by Crippen LogP contribution is -2.51. The van der Waals surface area contributed by atoms with Gasteiger partial charge >= 0.3 is 0 Å². The average molecular weight is 314 g/mol. The summed E-state index contributed by atoms with van der Waals surface area (Å²) in [7, 11) is 0. The van der Waals surface area contributed by atoms with Gasteiger partial charge in [0.2, 0.25) is 5.91 Å². The fourth-order valence-electron chi connectivity index (χ4n) is 4.04. The summed E-state index contributed by atoms with van der Waals surface area (Å²) in [5.41, 5.74) is 2.22. The number of nitrogens with zero attached hydrogens (tertiary/aromatic N) is 1. The maximum atomic E-state index is 12.1. The first-order valence-electron chi connectivity index (χ1n) is 8.65. The zero-order valence-corrected chi connectivity index (χ0v) is 14.2. The molecule has 3 unspecified atom stereocenters. The van der Waals surface area contributed by atoms with Gasteiger partial charge in [0, 0.05) is 43.6 Å². The van der Waals surface area contributed by atoms with Crippen molar-refractivity contribution in [3.8, 4) is 0 Å². The smallest absolute Gasteiger partial charge is 0.224 e. The van der Waals surface area contributed by atoms with Crippen molar-refractivity contribution in [3.05, 3.63) is 29.8 Å². The van der Waals surface area contributed by atoms with Crippen molar-refractivity contribution in [2.45, 2.75) is 64.6 Å². The topological polar surface area (TPSA) is 49.4 Å². The van der Waals surface area contributed by atoms with E-state index in [1.54, 1.807) is 6.92 Å². The van der Waals surface area contributed by atoms with E-state index < -0.39 is 0 Å². The lowest BCUT2D eigenvalue weighted by atomic mass is 9.81. The number of carbonyl (C=O) groups is 2. The van der Waals surface area contributed by atoms with Crippen LogP contribution in [0, 0.1) is 5.92 Å². The van der Waals surface area contributed by atoms with E-state index in [9.17, 15) is 9.59 Å². The number of ketones is 1. The van der Waals surface area contributed by atoms with E-state index in [2.05, 4.69) is 25.2 Å². The molecule has 1 amide bonds. The van der Waals surface area contributed by atoms with E-state index in [1.807, 2.05) is 23.1 Å². The van der Waals surface area contributed by atoms with Crippen LogP contribution in [0.1, 0.15) is 58.1 Å². The molecule has 1 fully saturated rings. The molecule has 3 rings (SSSR count). The van der Waals surface area contributed by atoms with Gasteiger partial charge in [-0.05, 0) is 37.3 Å². The van der Waals surface area contributed by atoms with E-state index in [-0.39, 0.29) is 18.0 Å². The standard InChI is InChI=1S/C19H26N2O2/c1-12-13(2)21(14(3)22)18-7-5-4-6-17(18)19(12)20-15-8-10-16(23)11-9-15/h4-7,12-13,15,19-20H,8-11H2,1-3H3. The van der Waals surface area contributed by atoms with Crippen molar-refractivity contribution in [1.82, 2.24) is 5.32 Å². The van der Waals surface area contributed by atoms with Crippen LogP contribution in [0.2, 0.25) is 0 Å². The molecule has 4 nitrogen and oxygen atoms in total. The fourth-order valence-corrected chi connectivity index (χ4v) is 4.04. The summed E-state index contributed by atoms with van der Waals surface area (Å²) >= 11 is 0. The van der Waals surface area contributed by atoms with Crippen LogP contribution >= 0.6 is 0 Å². The number of nitrogens with one attached hydrogen (secondary N) is 1. The van der Waals surface area contributed by atoms with E-state index >= 15 is 0 Å². The van der Waals surface area contributed by atoms with Gasteiger partial charge in [0.15, 0.2) is 0 Å². The van der Waals surface area contributed by atoms with Crippen LogP contribution in [0.5, 0.6) is 0 Å². The monoisotopic (exact) mass is 314 g/mol. The number of Topliss-reactive ketones (excluding diaryl/α,β-unsaturated/α-hetero) is 1. The van der Waals surface area contributed by atoms with E-state index in [4.69, 9.17) is 0 Å². The maximum Gasteiger partial charge on any atom is 0.224 e. The predicted octanol–water partition coefficient (Wildman–Crippen LogP) is 3.22. The molecule has 4 heteroatoms. The first-order chi connectivity index (χ1) is 11.0. The second kappa shape index (κ2) is 6.44. The van der Waals surface area contributed by atoms with Crippen LogP contribution in [0.15, 0.2) is 24.3 Å². The Morgan fingerprint density at radius 2 is 1.83 bits per heavy atom. The number of benzene rings is 1. The number of para-hydroxylation sites is 1. The summed E-state index contributed by atoms with van der Waals surface area (Å²) in [6.07, 6.45) is 3.23. The molecule has 1 saturated carbocycles. The molecule has 1 N–H and O–H groups in total. The van der Waals surface area contributed by atoms with Gasteiger partial charge in [-0.3, -0.25) is 9.59 Å². The lowest BCUT2D eigenvalue weighted by molar-refractivity contribution is -0.121. The SMILES string of the molecule is CC(=O)N1c2ccccc2C(NC2CCC(=O)CC2)C(C)C1C. The number of hydrogen-bond donors (Lipinski definition) is 1. The Hall–Kier alpha value is -1.68. The Labute approximate surface area is 138 Å². The molecule has 0 aromatic heterocycles. The number of hydrogen-bond acceptors (Lipinski definition) is 3. The van der Waals surface area contributed by atoms with Gasteiger partial charge in [0.25, 0.3) is 0 Å². The van der Waals surface area contributed by atoms with Gasteiger partial charge in [0.05, 0.1) is 0 Å². The summed E-state index contributed by atoms with van der Waals surface area (Å²) in [5.74, 6) is 0.807. The molecule has 124 valence electrons. The highest BCUT2D eigenvalue weighted by Gasteiger charge is 2.38. The normalized spacial score (nSPS) is 28.6. The van der Waals surface area contributed by atoms with Gasteiger partial charge < -0.3 is 10.2 Å². The molecule has 1 aromatic carbocycles. The number of rotatable bonds is 2. The van der Waals surface area contributed by atoms with Crippen molar-refractivity contribution in [3.63, 3.8) is 0 Å². The quantitative estimate of drug-likeness (QED) is 0.912. The van der Waals surface area contributed by atoms with Crippen molar-refractivity contribution < 1.29 is 9.59 Å². The first-order valence-corrected chi connectivity index (χ1v) is 8.65. The minimum atomic E-state index is 0.0958. The predicted molar refractivity (Wildman–Crippen MR) is 91.4 cm³/mol. The van der Waals surface area contributed by atoms with Gasteiger partial charge in [-0.2, -0.15) is 0 Å². The summed E-state index contributed by atoms with van der Waals surface area (Å²) < 4.78 is 0. The second-order valence-corrected chi connectivity index (χ2v) is 7.00. The highest BCUT2D eigenvalue weighted by Crippen LogP contribution is 2.41. The number of fused-ring (bicyclic) bond motifs is 1. The molecule has 3 atom stereocenters. The molecule has 0 spiro atoms. The third kappa shape index (κ3) is 3.05. The molecule has 0 bridgehead atoms. The van der Waals surface area contributed by atoms with Gasteiger partial charge in [0.1, 0.15) is 5.78 Å². The van der Waals surface area contributed by atoms with Crippen molar-refractivity contribution in [1.29, 1.82) is 0 Å². The largest absolute Gasteiger partial charge is 0.309 e. The Morgan fingerprint density at radius 3 is 2.48 bits per heavy atom. The van der Waals surface area contributed by atoms with Crippen molar-refractivity contribution in [2.75, 3.05) is 4.90 Å². The zero-order valence-electron chi connectivity index (χ0n) is 14.2. The zero-order chi connectivity index (χ0) is 16.6. The van der Waals surface area contributed by atoms with Crippen LogP contribution in [-0.4, -0.2) is 23.8 Å². The Bertz CT molecular complexity index is 603. The molecule has 0 radical (unpaired) electrons. The van der Waals surface area contributed by atoms with E-state index in [0.29, 0.717) is 30.6 Å². The fraction of sp³-hybridized carbons (Fsp3) is 0.579. The highest BCUT2D eigenvalue weighted by atomic mass is 16.2. The van der Waals surface area contributed by atoms with Gasteiger partial charge in [-0.1, -0.05) is 25.1 Å². The lowest BCUT2D eigenvalue weighted by Gasteiger charge is -2.45. The maximum absolute atomic E-state index is 12.1. The first kappa shape index (κ1) is 16.2. The van der Waals surface area contributed by atoms with Crippen LogP contribution in [0.25, 0.3) is 0 Å². The van der Waals surface area contributed by atoms with Crippen LogP contribution in [0.3, 0.4) is 0 Å². The molecule has 1 aliphatic heterocycles. The van der Waals surface area contributed by atoms with E-state index in [1.165, 1.54) is 5.56 Å². The molecular weight excluding hydrogens is 288 g/mol. The third-order valence-electron chi connectivity index (χ3n) is 5.52. The number of anilines is 1. The van der Waals surface area contributed by atoms with Crippen LogP contribution in [-0.2, 0) is 9.59 Å². The number of carbonyl (C=O) groups excluding carboxylic acids is 2. The van der Waals surface area contributed by atoms with Crippen LogP contribution < -0.4 is 10.2 Å². The summed E-state index contributed by atoms with van der Waals surface area (Å²) in [6, 6.07) is 8.98. The minimum absolute atomic E-state index is 0.0958. The Kier molecular flexibility index (Phi) is 4.53.